The number of pyridine rings is 1. The fourth-order valence-corrected chi connectivity index (χ4v) is 2.95. The first-order chi connectivity index (χ1) is 12.8. The highest BCUT2D eigenvalue weighted by Gasteiger charge is 2.26. The number of hydrogen-bond acceptors (Lipinski definition) is 3. The summed E-state index contributed by atoms with van der Waals surface area (Å²) in [5.41, 5.74) is 3.45. The van der Waals surface area contributed by atoms with E-state index in [1.807, 2.05) is 60.7 Å². The van der Waals surface area contributed by atoms with Crippen LogP contribution in [0.4, 0.5) is 0 Å². The molecule has 0 aliphatic carbocycles. The maximum atomic E-state index is 12.2. The number of nitrogens with zero attached hydrogens (tertiary/aromatic N) is 3. The van der Waals surface area contributed by atoms with Gasteiger partial charge in [0.05, 0.1) is 11.4 Å². The van der Waals surface area contributed by atoms with E-state index in [1.165, 1.54) is 0 Å². The fourth-order valence-electron chi connectivity index (χ4n) is 2.95. The molecule has 4 rings (SSSR count). The Hall–Kier alpha value is -3.73. The van der Waals surface area contributed by atoms with Crippen molar-refractivity contribution in [2.45, 2.75) is 0 Å². The number of aromatic carboxylic acids is 1. The van der Waals surface area contributed by atoms with Crippen molar-refractivity contribution >= 4 is 5.97 Å². The Morgan fingerprint density at radius 3 is 2.04 bits per heavy atom. The minimum atomic E-state index is -1.02. The van der Waals surface area contributed by atoms with Crippen LogP contribution in [0.5, 0.6) is 0 Å². The predicted octanol–water partition coefficient (Wildman–Crippen LogP) is 4.30. The van der Waals surface area contributed by atoms with Crippen LogP contribution in [-0.4, -0.2) is 25.8 Å². The molecule has 126 valence electrons. The lowest BCUT2D eigenvalue weighted by Gasteiger charge is -2.08. The summed E-state index contributed by atoms with van der Waals surface area (Å²) >= 11 is 0. The van der Waals surface area contributed by atoms with Gasteiger partial charge < -0.3 is 5.11 Å². The molecule has 0 unspecified atom stereocenters. The molecule has 4 aromatic rings. The number of benzene rings is 2. The molecule has 0 atom stereocenters. The number of hydrogen-bond donors (Lipinski definition) is 1. The number of carboxylic acids is 1. The van der Waals surface area contributed by atoms with Crippen molar-refractivity contribution in [3.05, 3.63) is 90.8 Å². The van der Waals surface area contributed by atoms with E-state index in [0.717, 1.165) is 11.3 Å². The molecule has 0 spiro atoms. The van der Waals surface area contributed by atoms with Crippen molar-refractivity contribution in [1.29, 1.82) is 0 Å². The first kappa shape index (κ1) is 15.8. The minimum absolute atomic E-state index is 0.172. The molecular formula is C21H15N3O2. The van der Waals surface area contributed by atoms with Crippen LogP contribution in [0.1, 0.15) is 10.4 Å². The lowest BCUT2D eigenvalue weighted by Crippen LogP contribution is -2.03. The summed E-state index contributed by atoms with van der Waals surface area (Å²) in [5.74, 6) is -1.02. The third-order valence-electron chi connectivity index (χ3n) is 4.10. The molecule has 1 N–H and O–H groups in total. The van der Waals surface area contributed by atoms with Crippen LogP contribution in [0.25, 0.3) is 28.2 Å². The zero-order chi connectivity index (χ0) is 17.9. The molecule has 2 heterocycles. The van der Waals surface area contributed by atoms with E-state index >= 15 is 0 Å². The highest BCUT2D eigenvalue weighted by Crippen LogP contribution is 2.34. The van der Waals surface area contributed by atoms with Crippen molar-refractivity contribution in [1.82, 2.24) is 14.8 Å². The molecule has 0 fully saturated rings. The van der Waals surface area contributed by atoms with Gasteiger partial charge in [-0.2, -0.15) is 5.10 Å². The van der Waals surface area contributed by atoms with Gasteiger partial charge in [-0.1, -0.05) is 48.5 Å². The maximum Gasteiger partial charge on any atom is 0.340 e. The van der Waals surface area contributed by atoms with E-state index in [-0.39, 0.29) is 5.56 Å². The van der Waals surface area contributed by atoms with Crippen LogP contribution in [0.3, 0.4) is 0 Å². The first-order valence-electron chi connectivity index (χ1n) is 8.13. The average molecular weight is 341 g/mol. The summed E-state index contributed by atoms with van der Waals surface area (Å²) in [6.07, 6.45) is 3.26. The molecule has 0 radical (unpaired) electrons. The van der Waals surface area contributed by atoms with Gasteiger partial charge in [-0.05, 0) is 24.3 Å². The summed E-state index contributed by atoms with van der Waals surface area (Å²) in [6.45, 7) is 0. The number of aromatic nitrogens is 3. The molecule has 0 amide bonds. The molecule has 0 bridgehead atoms. The fraction of sp³-hybridized carbons (Fsp3) is 0. The van der Waals surface area contributed by atoms with Gasteiger partial charge in [-0.25, -0.2) is 9.48 Å². The predicted molar refractivity (Wildman–Crippen MR) is 99.2 cm³/mol. The Morgan fingerprint density at radius 1 is 0.808 bits per heavy atom. The van der Waals surface area contributed by atoms with E-state index in [4.69, 9.17) is 0 Å². The van der Waals surface area contributed by atoms with Crippen LogP contribution in [-0.2, 0) is 0 Å². The highest BCUT2D eigenvalue weighted by atomic mass is 16.4. The van der Waals surface area contributed by atoms with Gasteiger partial charge in [0.1, 0.15) is 11.3 Å². The maximum absolute atomic E-state index is 12.2. The normalized spacial score (nSPS) is 10.6. The van der Waals surface area contributed by atoms with Crippen LogP contribution in [0, 0.1) is 0 Å². The lowest BCUT2D eigenvalue weighted by molar-refractivity contribution is 0.0698. The topological polar surface area (TPSA) is 68.0 Å². The van der Waals surface area contributed by atoms with Crippen LogP contribution >= 0.6 is 0 Å². The molecule has 2 aromatic carbocycles. The number of para-hydroxylation sites is 1. The van der Waals surface area contributed by atoms with E-state index in [1.54, 1.807) is 29.2 Å². The van der Waals surface area contributed by atoms with Gasteiger partial charge in [0, 0.05) is 23.5 Å². The second kappa shape index (κ2) is 6.64. The third-order valence-corrected chi connectivity index (χ3v) is 4.10. The van der Waals surface area contributed by atoms with E-state index < -0.39 is 5.97 Å². The summed E-state index contributed by atoms with van der Waals surface area (Å²) in [6, 6.07) is 22.5. The lowest BCUT2D eigenvalue weighted by atomic mass is 10.0. The Labute approximate surface area is 150 Å². The van der Waals surface area contributed by atoms with Crippen molar-refractivity contribution in [2.24, 2.45) is 0 Å². The van der Waals surface area contributed by atoms with E-state index in [9.17, 15) is 9.90 Å². The third kappa shape index (κ3) is 2.75. The number of carboxylic acid groups (broad SMARTS) is 1. The summed E-state index contributed by atoms with van der Waals surface area (Å²) < 4.78 is 1.69. The second-order valence-corrected chi connectivity index (χ2v) is 5.73. The molecule has 0 saturated heterocycles. The SMILES string of the molecule is O=C(O)c1c(-c2ccncc2)nn(-c2ccccc2)c1-c1ccccc1. The quantitative estimate of drug-likeness (QED) is 0.601. The van der Waals surface area contributed by atoms with E-state index in [0.29, 0.717) is 17.0 Å². The summed E-state index contributed by atoms with van der Waals surface area (Å²) in [4.78, 5) is 16.2. The van der Waals surface area contributed by atoms with Crippen molar-refractivity contribution in [3.8, 4) is 28.2 Å². The van der Waals surface area contributed by atoms with Gasteiger partial charge in [0.25, 0.3) is 0 Å². The van der Waals surface area contributed by atoms with Crippen LogP contribution in [0.15, 0.2) is 85.2 Å². The van der Waals surface area contributed by atoms with Gasteiger partial charge >= 0.3 is 5.97 Å². The standard InChI is InChI=1S/C21H15N3O2/c25-21(26)18-19(15-11-13-22-14-12-15)23-24(17-9-5-2-6-10-17)20(18)16-7-3-1-4-8-16/h1-14H,(H,25,26). The molecular weight excluding hydrogens is 326 g/mol. The van der Waals surface area contributed by atoms with Gasteiger partial charge in [-0.15, -0.1) is 0 Å². The Kier molecular flexibility index (Phi) is 4.03. The van der Waals surface area contributed by atoms with Crippen LogP contribution < -0.4 is 0 Å². The summed E-state index contributed by atoms with van der Waals surface area (Å²) in [5, 5.41) is 14.6. The molecule has 0 aliphatic rings. The number of rotatable bonds is 4. The zero-order valence-electron chi connectivity index (χ0n) is 13.8. The zero-order valence-corrected chi connectivity index (χ0v) is 13.8. The van der Waals surface area contributed by atoms with Gasteiger partial charge in [0.2, 0.25) is 0 Å². The number of carbonyl (C=O) groups is 1. The van der Waals surface area contributed by atoms with Crippen LogP contribution in [0.2, 0.25) is 0 Å². The smallest absolute Gasteiger partial charge is 0.340 e. The summed E-state index contributed by atoms with van der Waals surface area (Å²) in [7, 11) is 0. The molecule has 0 aliphatic heterocycles. The Bertz CT molecular complexity index is 1040. The van der Waals surface area contributed by atoms with Crippen molar-refractivity contribution in [3.63, 3.8) is 0 Å². The largest absolute Gasteiger partial charge is 0.478 e. The van der Waals surface area contributed by atoms with Gasteiger partial charge in [-0.3, -0.25) is 4.98 Å². The minimum Gasteiger partial charge on any atom is -0.478 e. The first-order valence-corrected chi connectivity index (χ1v) is 8.13. The molecule has 26 heavy (non-hydrogen) atoms. The van der Waals surface area contributed by atoms with Crippen molar-refractivity contribution in [2.75, 3.05) is 0 Å². The monoisotopic (exact) mass is 341 g/mol. The Morgan fingerprint density at radius 2 is 1.42 bits per heavy atom. The highest BCUT2D eigenvalue weighted by molar-refractivity contribution is 6.01. The van der Waals surface area contributed by atoms with E-state index in [2.05, 4.69) is 10.1 Å². The molecule has 5 nitrogen and oxygen atoms in total. The molecule has 5 heteroatoms. The van der Waals surface area contributed by atoms with Gasteiger partial charge in [0.15, 0.2) is 0 Å². The Balaban J connectivity index is 2.07. The average Bonchev–Trinajstić information content (AvgIpc) is 3.11. The second-order valence-electron chi connectivity index (χ2n) is 5.73. The molecule has 2 aromatic heterocycles. The van der Waals surface area contributed by atoms with Crippen molar-refractivity contribution < 1.29 is 9.90 Å². The molecule has 0 saturated carbocycles.